The van der Waals surface area contributed by atoms with E-state index in [-0.39, 0.29) is 11.8 Å². The van der Waals surface area contributed by atoms with E-state index in [9.17, 15) is 0 Å². The smallest absolute Gasteiger partial charge is 0.159 e. The van der Waals surface area contributed by atoms with Crippen LogP contribution in [0.3, 0.4) is 0 Å². The first kappa shape index (κ1) is 14.6. The minimum absolute atomic E-state index is 0.185. The number of hydrogen-bond donors (Lipinski definition) is 0. The highest BCUT2D eigenvalue weighted by atomic mass is 15.1. The Bertz CT molecular complexity index is 267. The molecule has 0 spiro atoms. The molecule has 0 aliphatic heterocycles. The lowest BCUT2D eigenvalue weighted by Gasteiger charge is -2.12. The van der Waals surface area contributed by atoms with Crippen LogP contribution in [-0.4, -0.2) is 12.1 Å². The number of azo groups is 1. The van der Waals surface area contributed by atoms with Crippen molar-refractivity contribution < 1.29 is 0 Å². The molecule has 0 N–H and O–H groups in total. The molecule has 88 valence electrons. The Hall–Kier alpha value is -1.42. The third-order valence-electron chi connectivity index (χ3n) is 2.95. The Kier molecular flexibility index (Phi) is 7.12. The van der Waals surface area contributed by atoms with Gasteiger partial charge < -0.3 is 0 Å². The summed E-state index contributed by atoms with van der Waals surface area (Å²) in [6.07, 6.45) is 1.77. The van der Waals surface area contributed by atoms with E-state index in [0.717, 1.165) is 12.8 Å². The SMILES string of the molecule is CCC(C)C(C#N)N=NC(C#N)C(C)CC. The average Bonchev–Trinajstić information content (AvgIpc) is 2.33. The van der Waals surface area contributed by atoms with Crippen LogP contribution in [0.4, 0.5) is 0 Å². The Labute approximate surface area is 98.0 Å². The predicted molar refractivity (Wildman–Crippen MR) is 62.6 cm³/mol. The Balaban J connectivity index is 4.55. The van der Waals surface area contributed by atoms with Crippen LogP contribution >= 0.6 is 0 Å². The highest BCUT2D eigenvalue weighted by Gasteiger charge is 2.17. The maximum Gasteiger partial charge on any atom is 0.159 e. The van der Waals surface area contributed by atoms with Gasteiger partial charge in [-0.1, -0.05) is 40.5 Å². The van der Waals surface area contributed by atoms with Crippen molar-refractivity contribution >= 4 is 0 Å². The van der Waals surface area contributed by atoms with E-state index in [4.69, 9.17) is 10.5 Å². The summed E-state index contributed by atoms with van der Waals surface area (Å²) in [4.78, 5) is 0. The van der Waals surface area contributed by atoms with Crippen LogP contribution in [0.25, 0.3) is 0 Å². The van der Waals surface area contributed by atoms with Gasteiger partial charge in [0.25, 0.3) is 0 Å². The molecule has 4 nitrogen and oxygen atoms in total. The molecule has 4 heteroatoms. The summed E-state index contributed by atoms with van der Waals surface area (Å²) in [6, 6.07) is 3.39. The van der Waals surface area contributed by atoms with Crippen LogP contribution in [0, 0.1) is 34.5 Å². The van der Waals surface area contributed by atoms with E-state index in [0.29, 0.717) is 0 Å². The standard InChI is InChI=1S/C12H20N4/c1-5-9(3)11(7-13)15-16-12(8-14)10(4)6-2/h9-12H,5-6H2,1-4H3. The fourth-order valence-corrected chi connectivity index (χ4v) is 1.12. The largest absolute Gasteiger partial charge is 0.196 e. The van der Waals surface area contributed by atoms with E-state index in [1.54, 1.807) is 0 Å². The molecule has 0 aromatic rings. The van der Waals surface area contributed by atoms with Crippen LogP contribution in [0.1, 0.15) is 40.5 Å². The van der Waals surface area contributed by atoms with Crippen molar-refractivity contribution in [3.8, 4) is 12.1 Å². The molecule has 0 aliphatic carbocycles. The molecule has 0 aliphatic rings. The lowest BCUT2D eigenvalue weighted by Crippen LogP contribution is -2.16. The molecule has 0 saturated heterocycles. The zero-order valence-corrected chi connectivity index (χ0v) is 10.5. The van der Waals surface area contributed by atoms with E-state index in [1.165, 1.54) is 0 Å². The first-order valence-electron chi connectivity index (χ1n) is 5.79. The van der Waals surface area contributed by atoms with Crippen molar-refractivity contribution in [2.24, 2.45) is 22.1 Å². The Morgan fingerprint density at radius 1 is 0.875 bits per heavy atom. The maximum atomic E-state index is 8.92. The molecule has 0 rings (SSSR count). The van der Waals surface area contributed by atoms with E-state index >= 15 is 0 Å². The number of nitrogens with zero attached hydrogens (tertiary/aromatic N) is 4. The molecular formula is C12H20N4. The zero-order chi connectivity index (χ0) is 12.6. The van der Waals surface area contributed by atoms with Crippen LogP contribution in [0.15, 0.2) is 10.2 Å². The molecular weight excluding hydrogens is 200 g/mol. The minimum atomic E-state index is -0.426. The highest BCUT2D eigenvalue weighted by Crippen LogP contribution is 2.15. The minimum Gasteiger partial charge on any atom is -0.196 e. The van der Waals surface area contributed by atoms with Gasteiger partial charge in [-0.05, 0) is 11.8 Å². The van der Waals surface area contributed by atoms with Gasteiger partial charge in [-0.3, -0.25) is 0 Å². The van der Waals surface area contributed by atoms with Gasteiger partial charge in [-0.2, -0.15) is 20.8 Å². The first-order chi connectivity index (χ1) is 7.60. The summed E-state index contributed by atoms with van der Waals surface area (Å²) >= 11 is 0. The number of hydrogen-bond acceptors (Lipinski definition) is 4. The van der Waals surface area contributed by atoms with Crippen LogP contribution in [-0.2, 0) is 0 Å². The summed E-state index contributed by atoms with van der Waals surface area (Å²) in [5.41, 5.74) is 0. The van der Waals surface area contributed by atoms with Gasteiger partial charge in [0.1, 0.15) is 0 Å². The fourth-order valence-electron chi connectivity index (χ4n) is 1.12. The van der Waals surface area contributed by atoms with Gasteiger partial charge in [-0.25, -0.2) is 0 Å². The van der Waals surface area contributed by atoms with Crippen LogP contribution < -0.4 is 0 Å². The van der Waals surface area contributed by atoms with Gasteiger partial charge in [-0.15, -0.1) is 0 Å². The normalized spacial score (nSPS) is 18.4. The Morgan fingerprint density at radius 2 is 1.19 bits per heavy atom. The van der Waals surface area contributed by atoms with Gasteiger partial charge in [0.15, 0.2) is 12.1 Å². The summed E-state index contributed by atoms with van der Waals surface area (Å²) in [6.45, 7) is 7.97. The van der Waals surface area contributed by atoms with Crippen LogP contribution in [0.5, 0.6) is 0 Å². The van der Waals surface area contributed by atoms with E-state index < -0.39 is 12.1 Å². The first-order valence-corrected chi connectivity index (χ1v) is 5.79. The quantitative estimate of drug-likeness (QED) is 0.644. The molecule has 0 fully saturated rings. The monoisotopic (exact) mass is 220 g/mol. The van der Waals surface area contributed by atoms with Crippen molar-refractivity contribution in [3.63, 3.8) is 0 Å². The van der Waals surface area contributed by atoms with E-state index in [2.05, 4.69) is 22.4 Å². The molecule has 0 aromatic heterocycles. The molecule has 0 heterocycles. The number of nitriles is 2. The van der Waals surface area contributed by atoms with Gasteiger partial charge in [0, 0.05) is 0 Å². The molecule has 0 bridgehead atoms. The summed E-state index contributed by atoms with van der Waals surface area (Å²) in [5.74, 6) is 0.370. The third kappa shape index (κ3) is 4.40. The fraction of sp³-hybridized carbons (Fsp3) is 0.833. The molecule has 4 atom stereocenters. The molecule has 16 heavy (non-hydrogen) atoms. The molecule has 4 unspecified atom stereocenters. The van der Waals surface area contributed by atoms with Crippen molar-refractivity contribution in [2.75, 3.05) is 0 Å². The summed E-state index contributed by atoms with van der Waals surface area (Å²) < 4.78 is 0. The second-order valence-electron chi connectivity index (χ2n) is 4.15. The highest BCUT2D eigenvalue weighted by molar-refractivity contribution is 4.96. The topological polar surface area (TPSA) is 72.3 Å². The van der Waals surface area contributed by atoms with Crippen molar-refractivity contribution in [1.82, 2.24) is 0 Å². The second kappa shape index (κ2) is 7.82. The molecule has 0 amide bonds. The van der Waals surface area contributed by atoms with Gasteiger partial charge >= 0.3 is 0 Å². The summed E-state index contributed by atoms with van der Waals surface area (Å²) in [7, 11) is 0. The predicted octanol–water partition coefficient (Wildman–Crippen LogP) is 3.32. The summed E-state index contributed by atoms with van der Waals surface area (Å²) in [5, 5.41) is 25.8. The van der Waals surface area contributed by atoms with E-state index in [1.807, 2.05) is 27.7 Å². The lowest BCUT2D eigenvalue weighted by atomic mass is 10.0. The number of rotatable bonds is 6. The van der Waals surface area contributed by atoms with Crippen molar-refractivity contribution in [3.05, 3.63) is 0 Å². The maximum absolute atomic E-state index is 8.92. The molecule has 0 saturated carbocycles. The molecule has 0 aromatic carbocycles. The van der Waals surface area contributed by atoms with Gasteiger partial charge in [0.05, 0.1) is 12.1 Å². The van der Waals surface area contributed by atoms with Gasteiger partial charge in [0.2, 0.25) is 0 Å². The third-order valence-corrected chi connectivity index (χ3v) is 2.95. The zero-order valence-electron chi connectivity index (χ0n) is 10.5. The second-order valence-corrected chi connectivity index (χ2v) is 4.15. The van der Waals surface area contributed by atoms with Crippen molar-refractivity contribution in [1.29, 1.82) is 10.5 Å². The average molecular weight is 220 g/mol. The van der Waals surface area contributed by atoms with Crippen molar-refractivity contribution in [2.45, 2.75) is 52.6 Å². The lowest BCUT2D eigenvalue weighted by molar-refractivity contribution is 0.454. The molecule has 0 radical (unpaired) electrons. The van der Waals surface area contributed by atoms with Crippen LogP contribution in [0.2, 0.25) is 0 Å². The Morgan fingerprint density at radius 3 is 1.38 bits per heavy atom.